The average Bonchev–Trinajstić information content (AvgIpc) is 2.29. The Labute approximate surface area is 97.4 Å². The van der Waals surface area contributed by atoms with Crippen molar-refractivity contribution >= 4 is 5.82 Å². The monoisotopic (exact) mass is 223 g/mol. The number of rotatable bonds is 5. The van der Waals surface area contributed by atoms with Crippen LogP contribution in [0.15, 0.2) is 18.2 Å². The number of likely N-dealkylation sites (N-methyl/N-ethyl adjacent to an activating group) is 1. The van der Waals surface area contributed by atoms with Crippen LogP contribution in [0, 0.1) is 0 Å². The predicted octanol–water partition coefficient (Wildman–Crippen LogP) is 1.65. The molecular weight excluding hydrogens is 202 g/mol. The van der Waals surface area contributed by atoms with Crippen molar-refractivity contribution in [1.82, 2.24) is 4.98 Å². The topological polar surface area (TPSA) is 51.4 Å². The summed E-state index contributed by atoms with van der Waals surface area (Å²) in [5.74, 6) is 1.53. The van der Waals surface area contributed by atoms with Gasteiger partial charge in [0.15, 0.2) is 0 Å². The maximum absolute atomic E-state index is 5.74. The molecule has 1 aromatic rings. The van der Waals surface area contributed by atoms with Gasteiger partial charge in [0.2, 0.25) is 5.88 Å². The van der Waals surface area contributed by atoms with Crippen LogP contribution in [-0.4, -0.2) is 30.7 Å². The molecule has 0 amide bonds. The summed E-state index contributed by atoms with van der Waals surface area (Å²) in [6, 6.07) is 5.76. The summed E-state index contributed by atoms with van der Waals surface area (Å²) >= 11 is 0. The fraction of sp³-hybridized carbons (Fsp3) is 0.583. The smallest absolute Gasteiger partial charge is 0.215 e. The Morgan fingerprint density at radius 2 is 2.12 bits per heavy atom. The summed E-state index contributed by atoms with van der Waals surface area (Å²) in [6.07, 6.45) is 0. The minimum Gasteiger partial charge on any atom is -0.478 e. The van der Waals surface area contributed by atoms with Gasteiger partial charge < -0.3 is 15.4 Å². The minimum atomic E-state index is -0.113. The Bertz CT molecular complexity index is 339. The first-order valence-corrected chi connectivity index (χ1v) is 5.55. The number of nitrogens with two attached hydrogens (primary N) is 1. The predicted molar refractivity (Wildman–Crippen MR) is 66.9 cm³/mol. The average molecular weight is 223 g/mol. The van der Waals surface area contributed by atoms with Crippen LogP contribution in [0.5, 0.6) is 5.88 Å². The highest BCUT2D eigenvalue weighted by Crippen LogP contribution is 2.21. The second kappa shape index (κ2) is 5.16. The minimum absolute atomic E-state index is 0.113. The summed E-state index contributed by atoms with van der Waals surface area (Å²) in [4.78, 5) is 6.49. The summed E-state index contributed by atoms with van der Waals surface area (Å²) in [7, 11) is 1.99. The third kappa shape index (κ3) is 2.85. The number of nitrogens with zero attached hydrogens (tertiary/aromatic N) is 2. The van der Waals surface area contributed by atoms with Gasteiger partial charge in [-0.3, -0.25) is 0 Å². The van der Waals surface area contributed by atoms with Crippen molar-refractivity contribution in [2.45, 2.75) is 26.3 Å². The Hall–Kier alpha value is -1.29. The van der Waals surface area contributed by atoms with Crippen molar-refractivity contribution < 1.29 is 4.74 Å². The zero-order valence-corrected chi connectivity index (χ0v) is 10.5. The van der Waals surface area contributed by atoms with E-state index < -0.39 is 0 Å². The molecule has 1 heterocycles. The Morgan fingerprint density at radius 1 is 1.44 bits per heavy atom. The molecule has 0 aliphatic carbocycles. The highest BCUT2D eigenvalue weighted by atomic mass is 16.5. The molecule has 1 rings (SSSR count). The zero-order chi connectivity index (χ0) is 12.2. The summed E-state index contributed by atoms with van der Waals surface area (Å²) in [5.41, 5.74) is 5.63. The molecule has 0 spiro atoms. The van der Waals surface area contributed by atoms with Crippen molar-refractivity contribution in [3.05, 3.63) is 18.2 Å². The van der Waals surface area contributed by atoms with Crippen LogP contribution in [0.4, 0.5) is 5.82 Å². The number of hydrogen-bond acceptors (Lipinski definition) is 4. The lowest BCUT2D eigenvalue weighted by Gasteiger charge is -2.35. The summed E-state index contributed by atoms with van der Waals surface area (Å²) in [6.45, 7) is 7.32. The van der Waals surface area contributed by atoms with Crippen LogP contribution >= 0.6 is 0 Å². The lowest BCUT2D eigenvalue weighted by atomic mass is 10.0. The largest absolute Gasteiger partial charge is 0.478 e. The molecule has 0 bridgehead atoms. The third-order valence-corrected chi connectivity index (χ3v) is 2.75. The van der Waals surface area contributed by atoms with E-state index in [0.717, 1.165) is 5.82 Å². The molecule has 2 N–H and O–H groups in total. The first-order chi connectivity index (χ1) is 7.51. The third-order valence-electron chi connectivity index (χ3n) is 2.75. The van der Waals surface area contributed by atoms with Crippen LogP contribution in [0.1, 0.15) is 20.8 Å². The molecule has 0 radical (unpaired) electrons. The first-order valence-electron chi connectivity index (χ1n) is 5.55. The molecule has 0 aliphatic heterocycles. The molecule has 0 aromatic carbocycles. The van der Waals surface area contributed by atoms with E-state index in [-0.39, 0.29) is 5.54 Å². The van der Waals surface area contributed by atoms with Gasteiger partial charge in [0.05, 0.1) is 6.61 Å². The van der Waals surface area contributed by atoms with Crippen molar-refractivity contribution in [3.8, 4) is 5.88 Å². The normalized spacial score (nSPS) is 11.3. The second-order valence-electron chi connectivity index (χ2n) is 4.34. The number of anilines is 1. The molecular formula is C12H21N3O. The molecule has 90 valence electrons. The van der Waals surface area contributed by atoms with E-state index in [4.69, 9.17) is 10.5 Å². The Balaban J connectivity index is 2.91. The van der Waals surface area contributed by atoms with Gasteiger partial charge in [-0.05, 0) is 26.8 Å². The van der Waals surface area contributed by atoms with Gasteiger partial charge in [-0.1, -0.05) is 6.07 Å². The molecule has 16 heavy (non-hydrogen) atoms. The highest BCUT2D eigenvalue weighted by Gasteiger charge is 2.22. The number of pyridine rings is 1. The number of hydrogen-bond donors (Lipinski definition) is 1. The van der Waals surface area contributed by atoms with Crippen LogP contribution in [0.2, 0.25) is 0 Å². The maximum Gasteiger partial charge on any atom is 0.215 e. The molecule has 0 atom stereocenters. The van der Waals surface area contributed by atoms with E-state index in [9.17, 15) is 0 Å². The van der Waals surface area contributed by atoms with Gasteiger partial charge in [0.1, 0.15) is 5.82 Å². The molecule has 0 aliphatic rings. The number of aromatic nitrogens is 1. The van der Waals surface area contributed by atoms with E-state index in [1.807, 2.05) is 32.2 Å². The van der Waals surface area contributed by atoms with Crippen molar-refractivity contribution in [3.63, 3.8) is 0 Å². The fourth-order valence-electron chi connectivity index (χ4n) is 1.27. The Morgan fingerprint density at radius 3 is 2.69 bits per heavy atom. The maximum atomic E-state index is 5.74. The van der Waals surface area contributed by atoms with Crippen molar-refractivity contribution in [2.24, 2.45) is 5.73 Å². The number of ether oxygens (including phenoxy) is 1. The lowest BCUT2D eigenvalue weighted by Crippen LogP contribution is -2.47. The molecule has 4 heteroatoms. The van der Waals surface area contributed by atoms with Gasteiger partial charge >= 0.3 is 0 Å². The first kappa shape index (κ1) is 12.8. The summed E-state index contributed by atoms with van der Waals surface area (Å²) < 4.78 is 5.37. The molecule has 0 unspecified atom stereocenters. The molecule has 1 aromatic heterocycles. The quantitative estimate of drug-likeness (QED) is 0.824. The van der Waals surface area contributed by atoms with E-state index in [2.05, 4.69) is 23.7 Å². The van der Waals surface area contributed by atoms with E-state index >= 15 is 0 Å². The second-order valence-corrected chi connectivity index (χ2v) is 4.34. The van der Waals surface area contributed by atoms with Gasteiger partial charge in [-0.2, -0.15) is 4.98 Å². The van der Waals surface area contributed by atoms with Crippen LogP contribution in [-0.2, 0) is 0 Å². The highest BCUT2D eigenvalue weighted by molar-refractivity contribution is 5.42. The Kier molecular flexibility index (Phi) is 4.12. The van der Waals surface area contributed by atoms with Crippen molar-refractivity contribution in [2.75, 3.05) is 25.1 Å². The van der Waals surface area contributed by atoms with Crippen molar-refractivity contribution in [1.29, 1.82) is 0 Å². The summed E-state index contributed by atoms with van der Waals surface area (Å²) in [5, 5.41) is 0. The van der Waals surface area contributed by atoms with Gasteiger partial charge in [-0.25, -0.2) is 0 Å². The van der Waals surface area contributed by atoms with Gasteiger partial charge in [-0.15, -0.1) is 0 Å². The van der Waals surface area contributed by atoms with E-state index in [1.54, 1.807) is 0 Å². The fourth-order valence-corrected chi connectivity index (χ4v) is 1.27. The van der Waals surface area contributed by atoms with Gasteiger partial charge in [0, 0.05) is 25.2 Å². The lowest BCUT2D eigenvalue weighted by molar-refractivity contribution is 0.326. The standard InChI is InChI=1S/C12H21N3O/c1-5-16-11-8-6-7-10(14-11)15(4)12(2,3)9-13/h6-8H,5,9,13H2,1-4H3. The SMILES string of the molecule is CCOc1cccc(N(C)C(C)(C)CN)n1. The van der Waals surface area contributed by atoms with E-state index in [1.165, 1.54) is 0 Å². The molecule has 0 fully saturated rings. The molecule has 0 saturated carbocycles. The van der Waals surface area contributed by atoms with Crippen LogP contribution < -0.4 is 15.4 Å². The van der Waals surface area contributed by atoms with E-state index in [0.29, 0.717) is 19.0 Å². The van der Waals surface area contributed by atoms with Crippen LogP contribution in [0.3, 0.4) is 0 Å². The molecule has 4 nitrogen and oxygen atoms in total. The zero-order valence-electron chi connectivity index (χ0n) is 10.5. The van der Waals surface area contributed by atoms with Crippen LogP contribution in [0.25, 0.3) is 0 Å². The van der Waals surface area contributed by atoms with Gasteiger partial charge in [0.25, 0.3) is 0 Å². The molecule has 0 saturated heterocycles.